The highest BCUT2D eigenvalue weighted by Crippen LogP contribution is 2.44. The molecule has 0 saturated heterocycles. The van der Waals surface area contributed by atoms with Gasteiger partial charge in [-0.3, -0.25) is 0 Å². The SMILES string of the molecule is CC(C)(C)c1ccc2c(c1)c1cc(-c3ccc4sc5ccc(-c6ccc7c(c6)c6cc(C(C)(C)C)ccc6n7-c6ccc7sc8ccccc8c7c6)cc5c4c3)ccc1n2-c1ccccc1. The van der Waals surface area contributed by atoms with Crippen LogP contribution in [0.25, 0.3) is 118 Å². The summed E-state index contributed by atoms with van der Waals surface area (Å²) in [5.74, 6) is 0. The van der Waals surface area contributed by atoms with Crippen LogP contribution in [0.3, 0.4) is 0 Å². The van der Waals surface area contributed by atoms with Gasteiger partial charge in [0.05, 0.1) is 22.1 Å². The third kappa shape index (κ3) is 6.12. The van der Waals surface area contributed by atoms with Crippen molar-refractivity contribution < 1.29 is 0 Å². The molecule has 9 aromatic carbocycles. The minimum atomic E-state index is 0.0290. The van der Waals surface area contributed by atoms with Crippen molar-refractivity contribution in [2.45, 2.75) is 52.4 Å². The van der Waals surface area contributed by atoms with Crippen LogP contribution in [-0.4, -0.2) is 9.13 Å². The van der Waals surface area contributed by atoms with Crippen molar-refractivity contribution in [2.75, 3.05) is 0 Å². The Balaban J connectivity index is 0.949. The Hall–Kier alpha value is -6.98. The van der Waals surface area contributed by atoms with E-state index in [4.69, 9.17) is 0 Å². The molecule has 4 heteroatoms. The lowest BCUT2D eigenvalue weighted by Gasteiger charge is -2.19. The van der Waals surface area contributed by atoms with Crippen molar-refractivity contribution in [2.24, 2.45) is 0 Å². The molecule has 0 saturated carbocycles. The highest BCUT2D eigenvalue weighted by Gasteiger charge is 2.22. The lowest BCUT2D eigenvalue weighted by molar-refractivity contribution is 0.591. The number of aromatic nitrogens is 2. The molecule has 0 spiro atoms. The molecule has 13 rings (SSSR count). The minimum absolute atomic E-state index is 0.0290. The van der Waals surface area contributed by atoms with E-state index in [9.17, 15) is 0 Å². The average Bonchev–Trinajstić information content (AvgIpc) is 4.07. The second-order valence-electron chi connectivity index (χ2n) is 20.2. The molecule has 66 heavy (non-hydrogen) atoms. The van der Waals surface area contributed by atoms with Crippen LogP contribution in [0.5, 0.6) is 0 Å². The van der Waals surface area contributed by atoms with Gasteiger partial charge in [-0.05, 0) is 153 Å². The summed E-state index contributed by atoms with van der Waals surface area (Å²) >= 11 is 3.76. The Morgan fingerprint density at radius 1 is 0.288 bits per heavy atom. The molecule has 0 aliphatic heterocycles. The van der Waals surface area contributed by atoms with Crippen molar-refractivity contribution in [1.29, 1.82) is 0 Å². The van der Waals surface area contributed by atoms with Gasteiger partial charge in [0.1, 0.15) is 0 Å². The Morgan fingerprint density at radius 2 is 0.667 bits per heavy atom. The topological polar surface area (TPSA) is 9.86 Å². The first-order valence-electron chi connectivity index (χ1n) is 23.1. The number of hydrogen-bond donors (Lipinski definition) is 0. The molecule has 0 atom stereocenters. The van der Waals surface area contributed by atoms with Crippen molar-refractivity contribution in [1.82, 2.24) is 9.13 Å². The van der Waals surface area contributed by atoms with Crippen LogP contribution in [0.4, 0.5) is 0 Å². The maximum Gasteiger partial charge on any atom is 0.0541 e. The van der Waals surface area contributed by atoms with Crippen molar-refractivity contribution >= 4 is 107 Å². The zero-order valence-electron chi connectivity index (χ0n) is 38.0. The molecule has 0 bridgehead atoms. The third-order valence-electron chi connectivity index (χ3n) is 14.0. The predicted molar refractivity (Wildman–Crippen MR) is 289 cm³/mol. The summed E-state index contributed by atoms with van der Waals surface area (Å²) in [5, 5.41) is 10.4. The van der Waals surface area contributed by atoms with Crippen molar-refractivity contribution in [3.05, 3.63) is 193 Å². The van der Waals surface area contributed by atoms with E-state index < -0.39 is 0 Å². The maximum absolute atomic E-state index is 2.48. The van der Waals surface area contributed by atoms with E-state index in [-0.39, 0.29) is 10.8 Å². The standard InChI is InChI=1S/C62H48N2S2/c1-61(2,3)41-20-25-55-48(34-41)46-30-37(16-23-53(46)63(55)43-12-8-7-9-13-43)39-18-27-58-50(32-39)51-33-40(19-28-59(51)66-58)38-17-24-54-47(31-38)49-35-42(62(4,5)6)21-26-56(49)64(54)44-22-29-60-52(36-44)45-14-10-11-15-57(45)65-60/h7-36H,1-6H3. The molecular weight excluding hydrogens is 837 g/mol. The third-order valence-corrected chi connectivity index (χ3v) is 16.3. The minimum Gasteiger partial charge on any atom is -0.309 e. The highest BCUT2D eigenvalue weighted by atomic mass is 32.1. The van der Waals surface area contributed by atoms with Crippen LogP contribution >= 0.6 is 22.7 Å². The van der Waals surface area contributed by atoms with Gasteiger partial charge in [-0.25, -0.2) is 0 Å². The van der Waals surface area contributed by atoms with Crippen molar-refractivity contribution in [3.63, 3.8) is 0 Å². The number of fused-ring (bicyclic) bond motifs is 12. The first-order valence-corrected chi connectivity index (χ1v) is 24.7. The summed E-state index contributed by atoms with van der Waals surface area (Å²) in [6.45, 7) is 13.8. The fourth-order valence-electron chi connectivity index (χ4n) is 10.5. The van der Waals surface area contributed by atoms with Crippen LogP contribution in [0, 0.1) is 0 Å². The monoisotopic (exact) mass is 884 g/mol. The maximum atomic E-state index is 2.48. The second kappa shape index (κ2) is 14.3. The lowest BCUT2D eigenvalue weighted by atomic mass is 9.86. The van der Waals surface area contributed by atoms with E-state index in [1.165, 1.54) is 129 Å². The van der Waals surface area contributed by atoms with E-state index in [0.29, 0.717) is 0 Å². The van der Waals surface area contributed by atoms with Crippen LogP contribution < -0.4 is 0 Å². The quantitative estimate of drug-likeness (QED) is 0.167. The molecule has 0 unspecified atom stereocenters. The highest BCUT2D eigenvalue weighted by molar-refractivity contribution is 7.26. The average molecular weight is 885 g/mol. The van der Waals surface area contributed by atoms with Crippen LogP contribution in [0.15, 0.2) is 182 Å². The predicted octanol–water partition coefficient (Wildman–Crippen LogP) is 18.5. The molecule has 0 N–H and O–H groups in total. The van der Waals surface area contributed by atoms with Gasteiger partial charge >= 0.3 is 0 Å². The normalized spacial score (nSPS) is 12.7. The summed E-state index contributed by atoms with van der Waals surface area (Å²) in [6.07, 6.45) is 0. The molecule has 4 aromatic heterocycles. The number of benzene rings is 9. The van der Waals surface area contributed by atoms with Crippen molar-refractivity contribution in [3.8, 4) is 33.6 Å². The van der Waals surface area contributed by atoms with Gasteiger partial charge in [0.25, 0.3) is 0 Å². The summed E-state index contributed by atoms with van der Waals surface area (Å²) in [5.41, 5.74) is 15.0. The number of hydrogen-bond acceptors (Lipinski definition) is 2. The molecule has 0 amide bonds. The molecule has 13 aromatic rings. The molecule has 318 valence electrons. The molecule has 0 fully saturated rings. The second-order valence-corrected chi connectivity index (χ2v) is 22.4. The van der Waals surface area contributed by atoms with E-state index >= 15 is 0 Å². The Labute approximate surface area is 392 Å². The van der Waals surface area contributed by atoms with E-state index in [0.717, 1.165) is 0 Å². The summed E-state index contributed by atoms with van der Waals surface area (Å²) < 4.78 is 10.2. The molecule has 2 nitrogen and oxygen atoms in total. The smallest absolute Gasteiger partial charge is 0.0541 e. The zero-order chi connectivity index (χ0) is 44.6. The molecule has 0 aliphatic carbocycles. The molecule has 0 radical (unpaired) electrons. The number of para-hydroxylation sites is 1. The Bertz CT molecular complexity index is 4120. The largest absolute Gasteiger partial charge is 0.309 e. The van der Waals surface area contributed by atoms with Crippen LogP contribution in [-0.2, 0) is 10.8 Å². The van der Waals surface area contributed by atoms with Gasteiger partial charge in [-0.1, -0.05) is 114 Å². The first kappa shape index (κ1) is 39.4. The number of rotatable bonds is 4. The Kier molecular flexibility index (Phi) is 8.51. The van der Waals surface area contributed by atoms with E-state index in [1.54, 1.807) is 0 Å². The van der Waals surface area contributed by atoms with Crippen LogP contribution in [0.2, 0.25) is 0 Å². The summed E-state index contributed by atoms with van der Waals surface area (Å²) in [4.78, 5) is 0. The molecule has 0 aliphatic rings. The number of thiophene rings is 2. The van der Waals surface area contributed by atoms with E-state index in [1.807, 2.05) is 22.7 Å². The van der Waals surface area contributed by atoms with Gasteiger partial charge in [-0.15, -0.1) is 22.7 Å². The zero-order valence-corrected chi connectivity index (χ0v) is 39.7. The van der Waals surface area contributed by atoms with Gasteiger partial charge in [0.15, 0.2) is 0 Å². The van der Waals surface area contributed by atoms with Gasteiger partial charge in [-0.2, -0.15) is 0 Å². The van der Waals surface area contributed by atoms with Crippen LogP contribution in [0.1, 0.15) is 52.7 Å². The van der Waals surface area contributed by atoms with Gasteiger partial charge in [0, 0.05) is 73.3 Å². The Morgan fingerprint density at radius 3 is 1.18 bits per heavy atom. The summed E-state index contributed by atoms with van der Waals surface area (Å²) in [6, 6.07) is 69.0. The number of nitrogens with zero attached hydrogens (tertiary/aromatic N) is 2. The lowest BCUT2D eigenvalue weighted by Crippen LogP contribution is -2.10. The van der Waals surface area contributed by atoms with E-state index in [2.05, 4.69) is 233 Å². The molecule has 4 heterocycles. The first-order chi connectivity index (χ1) is 31.9. The summed E-state index contributed by atoms with van der Waals surface area (Å²) in [7, 11) is 0. The fourth-order valence-corrected chi connectivity index (χ4v) is 12.6. The molecular formula is C62H48N2S2. The van der Waals surface area contributed by atoms with Gasteiger partial charge < -0.3 is 9.13 Å². The van der Waals surface area contributed by atoms with Gasteiger partial charge in [0.2, 0.25) is 0 Å². The fraction of sp³-hybridized carbons (Fsp3) is 0.129.